The van der Waals surface area contributed by atoms with Gasteiger partial charge < -0.3 is 14.7 Å². The number of hydrogen-bond acceptors (Lipinski definition) is 3. The van der Waals surface area contributed by atoms with Crippen molar-refractivity contribution in [3.05, 3.63) is 81.3 Å². The summed E-state index contributed by atoms with van der Waals surface area (Å²) in [5.41, 5.74) is -0.200. The summed E-state index contributed by atoms with van der Waals surface area (Å²) < 4.78 is 61.0. The highest BCUT2D eigenvalue weighted by Crippen LogP contribution is 2.45. The number of alkyl halides is 3. The number of imidazole rings is 1. The second-order valence-corrected chi connectivity index (χ2v) is 8.68. The Labute approximate surface area is 209 Å². The van der Waals surface area contributed by atoms with E-state index in [1.54, 1.807) is 12.9 Å². The largest absolute Gasteiger partial charge is 0.431 e. The van der Waals surface area contributed by atoms with Crippen LogP contribution in [0.4, 0.5) is 17.6 Å². The lowest BCUT2D eigenvalue weighted by Gasteiger charge is -2.15. The van der Waals surface area contributed by atoms with E-state index < -0.39 is 23.7 Å². The van der Waals surface area contributed by atoms with Crippen molar-refractivity contribution >= 4 is 46.6 Å². The standard InChI is InChI=1S/C24H19BCl2F4N2O2/c1-3-35-25(2)12-8-9-14(17(28)10-12)22(34)23-32-18-11-16(26)19(20(27)21(18)33-23)13-6-4-5-7-15(13)24(29,30)31/h4-11,22,34H,3H2,1-2H3,(H,32,33). The van der Waals surface area contributed by atoms with Crippen LogP contribution < -0.4 is 5.46 Å². The molecule has 4 rings (SSSR count). The topological polar surface area (TPSA) is 58.1 Å². The summed E-state index contributed by atoms with van der Waals surface area (Å²) in [5.74, 6) is -0.699. The molecule has 0 saturated heterocycles. The van der Waals surface area contributed by atoms with Crippen molar-refractivity contribution in [2.24, 2.45) is 0 Å². The first-order valence-electron chi connectivity index (χ1n) is 10.7. The van der Waals surface area contributed by atoms with E-state index in [-0.39, 0.29) is 50.5 Å². The molecule has 11 heteroatoms. The number of H-pyrrole nitrogens is 1. The number of aromatic amines is 1. The summed E-state index contributed by atoms with van der Waals surface area (Å²) in [6, 6.07) is 10.6. The summed E-state index contributed by atoms with van der Waals surface area (Å²) in [6.45, 7) is 3.75. The van der Waals surface area contributed by atoms with Gasteiger partial charge in [0, 0.05) is 17.7 Å². The molecule has 1 atom stereocenters. The van der Waals surface area contributed by atoms with E-state index in [4.69, 9.17) is 27.9 Å². The Morgan fingerprint density at radius 2 is 1.86 bits per heavy atom. The Balaban J connectivity index is 1.78. The van der Waals surface area contributed by atoms with Crippen LogP contribution in [-0.4, -0.2) is 28.6 Å². The third-order valence-corrected chi connectivity index (χ3v) is 6.32. The highest BCUT2D eigenvalue weighted by atomic mass is 35.5. The lowest BCUT2D eigenvalue weighted by molar-refractivity contribution is -0.137. The molecule has 0 saturated carbocycles. The smallest absolute Gasteiger partial charge is 0.417 e. The van der Waals surface area contributed by atoms with Crippen LogP contribution >= 0.6 is 23.2 Å². The molecule has 1 heterocycles. The van der Waals surface area contributed by atoms with Crippen molar-refractivity contribution in [3.8, 4) is 11.1 Å². The Kier molecular flexibility index (Phi) is 7.15. The fourth-order valence-electron chi connectivity index (χ4n) is 3.94. The average Bonchev–Trinajstić information content (AvgIpc) is 3.23. The van der Waals surface area contributed by atoms with E-state index in [9.17, 15) is 22.7 Å². The molecule has 0 amide bonds. The van der Waals surface area contributed by atoms with E-state index >= 15 is 0 Å². The lowest BCUT2D eigenvalue weighted by Crippen LogP contribution is -2.30. The van der Waals surface area contributed by atoms with Gasteiger partial charge in [-0.05, 0) is 36.1 Å². The minimum absolute atomic E-state index is 0.0377. The number of nitrogens with one attached hydrogen (secondary N) is 1. The summed E-state index contributed by atoms with van der Waals surface area (Å²) in [6.07, 6.45) is -6.12. The third-order valence-electron chi connectivity index (χ3n) is 5.65. The van der Waals surface area contributed by atoms with Gasteiger partial charge in [-0.3, -0.25) is 0 Å². The van der Waals surface area contributed by atoms with Gasteiger partial charge in [0.15, 0.2) is 0 Å². The average molecular weight is 525 g/mol. The summed E-state index contributed by atoms with van der Waals surface area (Å²) >= 11 is 12.8. The molecule has 1 unspecified atom stereocenters. The van der Waals surface area contributed by atoms with Crippen LogP contribution in [0.15, 0.2) is 48.5 Å². The van der Waals surface area contributed by atoms with E-state index in [1.165, 1.54) is 36.4 Å². The van der Waals surface area contributed by atoms with Crippen LogP contribution in [0.3, 0.4) is 0 Å². The number of benzene rings is 3. The molecule has 1 aromatic heterocycles. The maximum absolute atomic E-state index is 14.8. The molecule has 4 nitrogen and oxygen atoms in total. The van der Waals surface area contributed by atoms with E-state index in [0.29, 0.717) is 12.1 Å². The molecule has 0 bridgehead atoms. The number of rotatable bonds is 6. The van der Waals surface area contributed by atoms with Gasteiger partial charge >= 0.3 is 13.1 Å². The third kappa shape index (κ3) is 4.91. The molecule has 0 radical (unpaired) electrons. The van der Waals surface area contributed by atoms with Crippen LogP contribution in [0.25, 0.3) is 22.2 Å². The van der Waals surface area contributed by atoms with Gasteiger partial charge in [0.05, 0.1) is 21.1 Å². The predicted octanol–water partition coefficient (Wildman–Crippen LogP) is 6.64. The van der Waals surface area contributed by atoms with E-state index in [2.05, 4.69) is 9.97 Å². The zero-order valence-corrected chi connectivity index (χ0v) is 20.1. The fourth-order valence-corrected chi connectivity index (χ4v) is 4.64. The molecule has 0 fully saturated rings. The molecule has 0 aliphatic heterocycles. The second-order valence-electron chi connectivity index (χ2n) is 7.89. The number of halogens is 6. The maximum atomic E-state index is 14.8. The Morgan fingerprint density at radius 3 is 2.51 bits per heavy atom. The minimum atomic E-state index is -4.63. The number of aromatic nitrogens is 2. The molecule has 2 N–H and O–H groups in total. The van der Waals surface area contributed by atoms with Crippen molar-refractivity contribution in [3.63, 3.8) is 0 Å². The molecule has 0 spiro atoms. The van der Waals surface area contributed by atoms with Gasteiger partial charge in [-0.2, -0.15) is 13.2 Å². The summed E-state index contributed by atoms with van der Waals surface area (Å²) in [7, 11) is 0. The molecule has 3 aromatic carbocycles. The Bertz CT molecular complexity index is 1390. The van der Waals surface area contributed by atoms with Crippen molar-refractivity contribution in [2.45, 2.75) is 26.0 Å². The number of aliphatic hydroxyl groups is 1. The highest BCUT2D eigenvalue weighted by Gasteiger charge is 2.35. The number of nitrogens with zero attached hydrogens (tertiary/aromatic N) is 1. The normalized spacial score (nSPS) is 12.8. The number of fused-ring (bicyclic) bond motifs is 1. The molecule has 4 aromatic rings. The van der Waals surface area contributed by atoms with Gasteiger partial charge in [0.1, 0.15) is 23.3 Å². The van der Waals surface area contributed by atoms with Gasteiger partial charge in [0.2, 0.25) is 0 Å². The fraction of sp³-hybridized carbons (Fsp3) is 0.208. The van der Waals surface area contributed by atoms with Crippen LogP contribution in [0.1, 0.15) is 30.0 Å². The molecule has 0 aliphatic carbocycles. The molecule has 182 valence electrons. The first-order chi connectivity index (χ1) is 16.5. The quantitative estimate of drug-likeness (QED) is 0.219. The van der Waals surface area contributed by atoms with Gasteiger partial charge in [-0.25, -0.2) is 9.37 Å². The number of hydrogen-bond donors (Lipinski definition) is 2. The Morgan fingerprint density at radius 1 is 1.14 bits per heavy atom. The molecule has 0 aliphatic rings. The zero-order chi connectivity index (χ0) is 25.5. The monoisotopic (exact) mass is 524 g/mol. The van der Waals surface area contributed by atoms with Crippen molar-refractivity contribution in [1.82, 2.24) is 9.97 Å². The molecular formula is C24H19BCl2F4N2O2. The second kappa shape index (κ2) is 9.81. The van der Waals surface area contributed by atoms with Crippen molar-refractivity contribution in [2.75, 3.05) is 6.61 Å². The van der Waals surface area contributed by atoms with Crippen LogP contribution in [-0.2, 0) is 10.8 Å². The Hall–Kier alpha value is -2.59. The van der Waals surface area contributed by atoms with E-state index in [0.717, 1.165) is 6.07 Å². The van der Waals surface area contributed by atoms with Crippen LogP contribution in [0.2, 0.25) is 16.9 Å². The summed E-state index contributed by atoms with van der Waals surface area (Å²) in [4.78, 5) is 7.11. The minimum Gasteiger partial charge on any atom is -0.431 e. The number of aliphatic hydroxyl groups excluding tert-OH is 1. The summed E-state index contributed by atoms with van der Waals surface area (Å²) in [5, 5.41) is 10.7. The molecular weight excluding hydrogens is 506 g/mol. The first-order valence-corrected chi connectivity index (χ1v) is 11.4. The lowest BCUT2D eigenvalue weighted by atomic mass is 9.63. The van der Waals surface area contributed by atoms with Gasteiger partial charge in [-0.1, -0.05) is 60.4 Å². The van der Waals surface area contributed by atoms with Crippen LogP contribution in [0.5, 0.6) is 0 Å². The SMILES string of the molecule is CCOB(C)c1ccc(C(O)c2nc3c(Cl)c(-c4ccccc4C(F)(F)F)c(Cl)cc3[nH]2)c(F)c1. The maximum Gasteiger partial charge on any atom is 0.417 e. The zero-order valence-electron chi connectivity index (χ0n) is 18.6. The van der Waals surface area contributed by atoms with Crippen molar-refractivity contribution in [1.29, 1.82) is 0 Å². The van der Waals surface area contributed by atoms with Gasteiger partial charge in [0.25, 0.3) is 0 Å². The van der Waals surface area contributed by atoms with E-state index in [1.807, 2.05) is 6.92 Å². The van der Waals surface area contributed by atoms with Crippen molar-refractivity contribution < 1.29 is 27.3 Å². The predicted molar refractivity (Wildman–Crippen MR) is 130 cm³/mol. The molecule has 35 heavy (non-hydrogen) atoms. The van der Waals surface area contributed by atoms with Gasteiger partial charge in [-0.15, -0.1) is 0 Å². The highest BCUT2D eigenvalue weighted by molar-refractivity contribution is 6.66. The first kappa shape index (κ1) is 25.5. The van der Waals surface area contributed by atoms with Crippen LogP contribution in [0, 0.1) is 5.82 Å².